The highest BCUT2D eigenvalue weighted by atomic mass is 35.5. The zero-order chi connectivity index (χ0) is 15.9. The number of halogens is 1. The largest absolute Gasteiger partial charge is 0.347 e. The van der Waals surface area contributed by atoms with Gasteiger partial charge in [0.2, 0.25) is 0 Å². The summed E-state index contributed by atoms with van der Waals surface area (Å²) in [5.74, 6) is -0.315. The number of benzene rings is 1. The number of unbranched alkanes of at least 4 members (excludes halogenated alkanes) is 1. The minimum atomic E-state index is -0.315. The van der Waals surface area contributed by atoms with E-state index in [4.69, 9.17) is 11.6 Å². The lowest BCUT2D eigenvalue weighted by Crippen LogP contribution is -2.29. The molecule has 0 saturated carbocycles. The number of hydrogen-bond acceptors (Lipinski definition) is 3. The molecule has 22 heavy (non-hydrogen) atoms. The molecular weight excluding hydrogens is 302 g/mol. The van der Waals surface area contributed by atoms with Gasteiger partial charge >= 0.3 is 0 Å². The molecule has 0 fully saturated rings. The van der Waals surface area contributed by atoms with E-state index in [-0.39, 0.29) is 17.2 Å². The monoisotopic (exact) mass is 319 g/mol. The molecule has 2 rings (SSSR count). The lowest BCUT2D eigenvalue weighted by molar-refractivity contribution is 0.0943. The van der Waals surface area contributed by atoms with Crippen LogP contribution >= 0.6 is 11.6 Å². The molecule has 116 valence electrons. The number of aromatic nitrogens is 2. The van der Waals surface area contributed by atoms with E-state index in [1.807, 2.05) is 19.1 Å². The summed E-state index contributed by atoms with van der Waals surface area (Å²) < 4.78 is 1.33. The van der Waals surface area contributed by atoms with Gasteiger partial charge in [-0.1, -0.05) is 37.1 Å². The number of nitrogens with zero attached hydrogens (tertiary/aromatic N) is 2. The summed E-state index contributed by atoms with van der Waals surface area (Å²) in [7, 11) is 0. The van der Waals surface area contributed by atoms with Crippen molar-refractivity contribution in [2.45, 2.75) is 32.9 Å². The zero-order valence-electron chi connectivity index (χ0n) is 12.4. The smallest absolute Gasteiger partial charge is 0.271 e. The van der Waals surface area contributed by atoms with Crippen LogP contribution in [0.4, 0.5) is 0 Å². The number of amides is 1. The second kappa shape index (κ2) is 7.75. The predicted octanol–water partition coefficient (Wildman–Crippen LogP) is 2.63. The minimum absolute atomic E-state index is 0.195. The van der Waals surface area contributed by atoms with Crippen LogP contribution in [0.1, 0.15) is 35.8 Å². The van der Waals surface area contributed by atoms with Gasteiger partial charge in [0.05, 0.1) is 0 Å². The van der Waals surface area contributed by atoms with E-state index in [0.717, 1.165) is 18.4 Å². The van der Waals surface area contributed by atoms with Crippen LogP contribution in [0.3, 0.4) is 0 Å². The summed E-state index contributed by atoms with van der Waals surface area (Å²) in [6, 6.07) is 10.1. The average Bonchev–Trinajstić information content (AvgIpc) is 2.52. The van der Waals surface area contributed by atoms with Crippen molar-refractivity contribution in [1.82, 2.24) is 15.1 Å². The van der Waals surface area contributed by atoms with Crippen molar-refractivity contribution >= 4 is 17.5 Å². The summed E-state index contributed by atoms with van der Waals surface area (Å²) in [6.45, 7) is 2.91. The van der Waals surface area contributed by atoms with Crippen LogP contribution in [-0.2, 0) is 13.1 Å². The third kappa shape index (κ3) is 4.43. The van der Waals surface area contributed by atoms with E-state index in [9.17, 15) is 9.59 Å². The Hall–Kier alpha value is -2.14. The first-order valence-electron chi connectivity index (χ1n) is 7.21. The SMILES string of the molecule is CCCCn1nc(C(=O)NCc2cccc(Cl)c2)ccc1=O. The molecule has 1 aromatic carbocycles. The van der Waals surface area contributed by atoms with Gasteiger partial charge in [-0.3, -0.25) is 9.59 Å². The third-order valence-corrected chi connectivity index (χ3v) is 3.40. The summed E-state index contributed by atoms with van der Waals surface area (Å²) in [4.78, 5) is 23.8. The molecule has 0 spiro atoms. The van der Waals surface area contributed by atoms with E-state index in [0.29, 0.717) is 18.1 Å². The lowest BCUT2D eigenvalue weighted by Gasteiger charge is -2.08. The van der Waals surface area contributed by atoms with Crippen LogP contribution < -0.4 is 10.9 Å². The van der Waals surface area contributed by atoms with Gasteiger partial charge in [0.25, 0.3) is 11.5 Å². The topological polar surface area (TPSA) is 64.0 Å². The highest BCUT2D eigenvalue weighted by Gasteiger charge is 2.09. The number of nitrogens with one attached hydrogen (secondary N) is 1. The Labute approximate surface area is 133 Å². The average molecular weight is 320 g/mol. The van der Waals surface area contributed by atoms with Crippen LogP contribution in [0, 0.1) is 0 Å². The van der Waals surface area contributed by atoms with Gasteiger partial charge in [-0.25, -0.2) is 4.68 Å². The quantitative estimate of drug-likeness (QED) is 0.890. The fourth-order valence-electron chi connectivity index (χ4n) is 1.96. The van der Waals surface area contributed by atoms with Gasteiger partial charge in [-0.15, -0.1) is 0 Å². The maximum Gasteiger partial charge on any atom is 0.271 e. The van der Waals surface area contributed by atoms with Gasteiger partial charge in [-0.05, 0) is 30.2 Å². The molecule has 2 aromatic rings. The maximum absolute atomic E-state index is 12.1. The van der Waals surface area contributed by atoms with E-state index in [1.54, 1.807) is 12.1 Å². The molecule has 1 heterocycles. The zero-order valence-corrected chi connectivity index (χ0v) is 13.1. The number of carbonyl (C=O) groups excluding carboxylic acids is 1. The Morgan fingerprint density at radius 1 is 1.32 bits per heavy atom. The van der Waals surface area contributed by atoms with Crippen LogP contribution in [0.25, 0.3) is 0 Å². The predicted molar refractivity (Wildman–Crippen MR) is 86.0 cm³/mol. The lowest BCUT2D eigenvalue weighted by atomic mass is 10.2. The third-order valence-electron chi connectivity index (χ3n) is 3.16. The highest BCUT2D eigenvalue weighted by molar-refractivity contribution is 6.30. The standard InChI is InChI=1S/C16H18ClN3O2/c1-2-3-9-20-15(21)8-7-14(19-20)16(22)18-11-12-5-4-6-13(17)10-12/h4-8,10H,2-3,9,11H2,1H3,(H,18,22). The van der Waals surface area contributed by atoms with Gasteiger partial charge in [-0.2, -0.15) is 5.10 Å². The fourth-order valence-corrected chi connectivity index (χ4v) is 2.17. The number of aryl methyl sites for hydroxylation is 1. The Kier molecular flexibility index (Phi) is 5.72. The van der Waals surface area contributed by atoms with Crippen molar-refractivity contribution < 1.29 is 4.79 Å². The van der Waals surface area contributed by atoms with Gasteiger partial charge in [0.1, 0.15) is 5.69 Å². The Morgan fingerprint density at radius 3 is 2.86 bits per heavy atom. The van der Waals surface area contributed by atoms with E-state index in [2.05, 4.69) is 10.4 Å². The van der Waals surface area contributed by atoms with Crippen molar-refractivity contribution in [1.29, 1.82) is 0 Å². The van der Waals surface area contributed by atoms with Crippen molar-refractivity contribution in [2.24, 2.45) is 0 Å². The van der Waals surface area contributed by atoms with Gasteiger partial charge in [0, 0.05) is 24.2 Å². The molecule has 0 aliphatic heterocycles. The van der Waals surface area contributed by atoms with E-state index in [1.165, 1.54) is 16.8 Å². The molecule has 1 N–H and O–H groups in total. The highest BCUT2D eigenvalue weighted by Crippen LogP contribution is 2.10. The summed E-state index contributed by atoms with van der Waals surface area (Å²) >= 11 is 5.90. The normalized spacial score (nSPS) is 10.5. The molecule has 0 bridgehead atoms. The molecule has 0 aliphatic rings. The maximum atomic E-state index is 12.1. The molecule has 5 nitrogen and oxygen atoms in total. The van der Waals surface area contributed by atoms with Gasteiger partial charge in [0.15, 0.2) is 0 Å². The Bertz CT molecular complexity index is 713. The molecule has 1 aromatic heterocycles. The van der Waals surface area contributed by atoms with Crippen LogP contribution in [-0.4, -0.2) is 15.7 Å². The second-order valence-electron chi connectivity index (χ2n) is 4.95. The van der Waals surface area contributed by atoms with Gasteiger partial charge < -0.3 is 5.32 Å². The molecule has 1 amide bonds. The van der Waals surface area contributed by atoms with Crippen LogP contribution in [0.2, 0.25) is 5.02 Å². The molecule has 0 saturated heterocycles. The Morgan fingerprint density at radius 2 is 2.14 bits per heavy atom. The first-order chi connectivity index (χ1) is 10.6. The number of hydrogen-bond donors (Lipinski definition) is 1. The minimum Gasteiger partial charge on any atom is -0.347 e. The summed E-state index contributed by atoms with van der Waals surface area (Å²) in [6.07, 6.45) is 1.81. The molecule has 6 heteroatoms. The van der Waals surface area contributed by atoms with Crippen molar-refractivity contribution in [3.63, 3.8) is 0 Å². The summed E-state index contributed by atoms with van der Waals surface area (Å²) in [5.41, 5.74) is 0.942. The van der Waals surface area contributed by atoms with E-state index >= 15 is 0 Å². The van der Waals surface area contributed by atoms with Crippen molar-refractivity contribution in [3.8, 4) is 0 Å². The number of rotatable bonds is 6. The van der Waals surface area contributed by atoms with Crippen LogP contribution in [0.5, 0.6) is 0 Å². The molecule has 0 aliphatic carbocycles. The summed E-state index contributed by atoms with van der Waals surface area (Å²) in [5, 5.41) is 7.50. The van der Waals surface area contributed by atoms with Crippen molar-refractivity contribution in [2.75, 3.05) is 0 Å². The molecule has 0 atom stereocenters. The first-order valence-corrected chi connectivity index (χ1v) is 7.58. The van der Waals surface area contributed by atoms with Crippen molar-refractivity contribution in [3.05, 3.63) is 63.0 Å². The number of carbonyl (C=O) groups is 1. The fraction of sp³-hybridized carbons (Fsp3) is 0.312. The molecule has 0 radical (unpaired) electrons. The van der Waals surface area contributed by atoms with Crippen LogP contribution in [0.15, 0.2) is 41.2 Å². The Balaban J connectivity index is 2.04. The first kappa shape index (κ1) is 16.2. The second-order valence-corrected chi connectivity index (χ2v) is 5.38. The van der Waals surface area contributed by atoms with E-state index < -0.39 is 0 Å². The molecular formula is C16H18ClN3O2. The molecule has 0 unspecified atom stereocenters.